The molecule has 58 heavy (non-hydrogen) atoms. The maximum Gasteiger partial charge on any atom is 0.425 e. The number of likely N-dealkylation sites (N-methyl/N-ethyl adjacent to an activating group) is 1. The summed E-state index contributed by atoms with van der Waals surface area (Å²) in [6, 6.07) is 7.48. The van der Waals surface area contributed by atoms with Gasteiger partial charge in [-0.05, 0) is 63.5 Å². The highest BCUT2D eigenvalue weighted by Gasteiger charge is 2.55. The SMILES string of the molecule is CCC[C@H]1N(C(=O)c2cnccc2C(F)(F)F)CCC[C@@]1(Oc1csc(C(F)(F)F)c1)C(=O)N(C)CCC(N)(CC)c1ccccc1OCCCC1(C(=O)O)CCC1. The summed E-state index contributed by atoms with van der Waals surface area (Å²) in [5, 5.41) is 10.8. The second-order valence-electron chi connectivity index (χ2n) is 15.3. The van der Waals surface area contributed by atoms with E-state index in [1.54, 1.807) is 25.1 Å². The normalized spacial score (nSPS) is 20.4. The predicted molar refractivity (Wildman–Crippen MR) is 204 cm³/mol. The fraction of sp³-hybridized carbons (Fsp3) is 0.561. The molecule has 318 valence electrons. The average Bonchev–Trinajstić information content (AvgIpc) is 3.65. The van der Waals surface area contributed by atoms with Gasteiger partial charge in [0.2, 0.25) is 5.60 Å². The summed E-state index contributed by atoms with van der Waals surface area (Å²) in [6.45, 7) is 3.88. The van der Waals surface area contributed by atoms with Crippen molar-refractivity contribution in [3.05, 3.63) is 75.7 Å². The molecule has 1 saturated carbocycles. The molecule has 3 N–H and O–H groups in total. The molecule has 2 aromatic heterocycles. The number of benzene rings is 1. The number of nitrogens with zero attached hydrogens (tertiary/aromatic N) is 3. The molecule has 3 heterocycles. The van der Waals surface area contributed by atoms with Gasteiger partial charge in [-0.1, -0.05) is 44.9 Å². The van der Waals surface area contributed by atoms with Gasteiger partial charge in [0.25, 0.3) is 11.8 Å². The second-order valence-corrected chi connectivity index (χ2v) is 16.2. The zero-order valence-corrected chi connectivity index (χ0v) is 33.6. The van der Waals surface area contributed by atoms with Gasteiger partial charge < -0.3 is 30.1 Å². The van der Waals surface area contributed by atoms with Crippen molar-refractivity contribution >= 4 is 29.1 Å². The maximum absolute atomic E-state index is 14.9. The summed E-state index contributed by atoms with van der Waals surface area (Å²) < 4.78 is 96.0. The Kier molecular flexibility index (Phi) is 13.8. The smallest absolute Gasteiger partial charge is 0.425 e. The van der Waals surface area contributed by atoms with Crippen LogP contribution in [0.1, 0.15) is 111 Å². The molecule has 2 fully saturated rings. The summed E-state index contributed by atoms with van der Waals surface area (Å²) in [4.78, 5) is 46.2. The number of amides is 2. The molecule has 3 aromatic rings. The van der Waals surface area contributed by atoms with E-state index >= 15 is 0 Å². The third-order valence-electron chi connectivity index (χ3n) is 11.7. The standard InChI is InChI=1S/C41H50F6N4O6S/c1-4-11-32-39(57-27-24-33(58-26-27)41(45,46)47,18-9-21-51(32)34(52)28-25-49-20-14-29(28)40(42,43)44)35(53)50(3)22-19-38(48,5-2)30-12-6-7-13-31(30)56-23-10-17-37(36(54)55)15-8-16-37/h6-7,12-14,20,24-26,32H,4-5,8-11,15-19,21-23,48H2,1-3H3,(H,54,55)/t32-,38?,39+/m1/s1. The predicted octanol–water partition coefficient (Wildman–Crippen LogP) is 8.93. The van der Waals surface area contributed by atoms with Gasteiger partial charge in [-0.15, -0.1) is 11.3 Å². The van der Waals surface area contributed by atoms with Crippen LogP contribution in [-0.2, 0) is 27.5 Å². The number of para-hydroxylation sites is 1. The highest BCUT2D eigenvalue weighted by molar-refractivity contribution is 7.10. The first-order valence-corrected chi connectivity index (χ1v) is 20.4. The van der Waals surface area contributed by atoms with Crippen LogP contribution in [0.2, 0.25) is 0 Å². The van der Waals surface area contributed by atoms with Crippen molar-refractivity contribution in [1.82, 2.24) is 14.8 Å². The fourth-order valence-corrected chi connectivity index (χ4v) is 8.84. The van der Waals surface area contributed by atoms with Crippen molar-refractivity contribution < 1.29 is 55.3 Å². The van der Waals surface area contributed by atoms with Gasteiger partial charge in [0.1, 0.15) is 16.4 Å². The van der Waals surface area contributed by atoms with E-state index in [0.717, 1.165) is 35.2 Å². The lowest BCUT2D eigenvalue weighted by molar-refractivity contribution is -0.158. The van der Waals surface area contributed by atoms with Crippen LogP contribution in [0.3, 0.4) is 0 Å². The Labute approximate surface area is 337 Å². The van der Waals surface area contributed by atoms with Gasteiger partial charge in [0.05, 0.1) is 29.2 Å². The van der Waals surface area contributed by atoms with Crippen LogP contribution in [0.5, 0.6) is 11.5 Å². The number of piperidine rings is 1. The van der Waals surface area contributed by atoms with Gasteiger partial charge in [-0.25, -0.2) is 0 Å². The van der Waals surface area contributed by atoms with Crippen molar-refractivity contribution in [2.24, 2.45) is 11.1 Å². The van der Waals surface area contributed by atoms with Gasteiger partial charge in [0, 0.05) is 61.5 Å². The van der Waals surface area contributed by atoms with E-state index < -0.39 is 68.7 Å². The quantitative estimate of drug-likeness (QED) is 0.102. The number of likely N-dealkylation sites (tertiary alicyclic amines) is 1. The van der Waals surface area contributed by atoms with Crippen molar-refractivity contribution in [2.45, 2.75) is 114 Å². The average molecular weight is 841 g/mol. The van der Waals surface area contributed by atoms with Gasteiger partial charge in [-0.3, -0.25) is 19.4 Å². The summed E-state index contributed by atoms with van der Waals surface area (Å²) in [7, 11) is 1.49. The lowest BCUT2D eigenvalue weighted by Crippen LogP contribution is -2.67. The van der Waals surface area contributed by atoms with Crippen molar-refractivity contribution in [3.8, 4) is 11.5 Å². The molecule has 17 heteroatoms. The van der Waals surface area contributed by atoms with E-state index in [4.69, 9.17) is 15.2 Å². The van der Waals surface area contributed by atoms with Crippen molar-refractivity contribution in [3.63, 3.8) is 0 Å². The minimum Gasteiger partial charge on any atom is -0.493 e. The first-order valence-electron chi connectivity index (χ1n) is 19.5. The van der Waals surface area contributed by atoms with E-state index in [0.29, 0.717) is 67.2 Å². The Morgan fingerprint density at radius 1 is 1.03 bits per heavy atom. The van der Waals surface area contributed by atoms with Crippen LogP contribution in [0.15, 0.2) is 54.2 Å². The Bertz CT molecular complexity index is 1920. The number of alkyl halides is 6. The molecular weight excluding hydrogens is 791 g/mol. The van der Waals surface area contributed by atoms with Crippen LogP contribution < -0.4 is 15.2 Å². The zero-order chi connectivity index (χ0) is 42.5. The molecule has 0 bridgehead atoms. The van der Waals surface area contributed by atoms with Crippen LogP contribution in [0, 0.1) is 5.41 Å². The highest BCUT2D eigenvalue weighted by atomic mass is 32.1. The first-order chi connectivity index (χ1) is 27.3. The fourth-order valence-electron chi connectivity index (χ4n) is 8.17. The number of nitrogens with two attached hydrogens (primary N) is 1. The third-order valence-corrected chi connectivity index (χ3v) is 12.6. The Balaban J connectivity index is 1.43. The van der Waals surface area contributed by atoms with Gasteiger partial charge in [0.15, 0.2) is 0 Å². The molecule has 3 atom stereocenters. The molecule has 0 spiro atoms. The number of carboxylic acid groups (broad SMARTS) is 1. The molecule has 1 aliphatic carbocycles. The van der Waals surface area contributed by atoms with Crippen molar-refractivity contribution in [2.75, 3.05) is 26.7 Å². The molecule has 1 aliphatic heterocycles. The number of hydrogen-bond acceptors (Lipinski definition) is 8. The number of hydrogen-bond donors (Lipinski definition) is 2. The van der Waals surface area contributed by atoms with E-state index in [1.807, 2.05) is 13.0 Å². The number of pyridine rings is 1. The second kappa shape index (κ2) is 17.9. The monoisotopic (exact) mass is 840 g/mol. The van der Waals surface area contributed by atoms with Crippen LogP contribution in [-0.4, -0.2) is 76.1 Å². The largest absolute Gasteiger partial charge is 0.493 e. The number of thiophene rings is 1. The zero-order valence-electron chi connectivity index (χ0n) is 32.8. The van der Waals surface area contributed by atoms with Gasteiger partial charge in [-0.2, -0.15) is 26.3 Å². The van der Waals surface area contributed by atoms with Crippen molar-refractivity contribution in [1.29, 1.82) is 0 Å². The maximum atomic E-state index is 14.9. The molecule has 2 amide bonds. The number of halogens is 6. The number of aliphatic carboxylic acids is 1. The van der Waals surface area contributed by atoms with E-state index in [1.165, 1.54) is 11.9 Å². The number of carboxylic acids is 1. The van der Waals surface area contributed by atoms with Crippen LogP contribution >= 0.6 is 11.3 Å². The number of ether oxygens (including phenoxy) is 2. The lowest BCUT2D eigenvalue weighted by Gasteiger charge is -2.49. The molecule has 2 aliphatic rings. The molecule has 5 rings (SSSR count). The molecular formula is C41H50F6N4O6S. The minimum absolute atomic E-state index is 0.0226. The minimum atomic E-state index is -4.89. The Morgan fingerprint density at radius 2 is 1.76 bits per heavy atom. The van der Waals surface area contributed by atoms with Crippen LogP contribution in [0.4, 0.5) is 26.3 Å². The summed E-state index contributed by atoms with van der Waals surface area (Å²) in [6.07, 6.45) is -3.61. The van der Waals surface area contributed by atoms with Crippen LogP contribution in [0.25, 0.3) is 0 Å². The topological polar surface area (TPSA) is 135 Å². The Morgan fingerprint density at radius 3 is 2.36 bits per heavy atom. The number of carbonyl (C=O) groups excluding carboxylic acids is 2. The molecule has 0 radical (unpaired) electrons. The lowest BCUT2D eigenvalue weighted by atomic mass is 9.66. The van der Waals surface area contributed by atoms with E-state index in [-0.39, 0.29) is 51.1 Å². The summed E-state index contributed by atoms with van der Waals surface area (Å²) >= 11 is 0.373. The number of aromatic nitrogens is 1. The number of rotatable bonds is 17. The molecule has 1 unspecified atom stereocenters. The Hall–Kier alpha value is -4.38. The third kappa shape index (κ3) is 9.40. The van der Waals surface area contributed by atoms with Gasteiger partial charge >= 0.3 is 18.3 Å². The summed E-state index contributed by atoms with van der Waals surface area (Å²) in [5.41, 5.74) is 2.05. The van der Waals surface area contributed by atoms with E-state index in [9.17, 15) is 45.8 Å². The van der Waals surface area contributed by atoms with E-state index in [2.05, 4.69) is 4.98 Å². The molecule has 10 nitrogen and oxygen atoms in total. The number of carbonyl (C=O) groups is 3. The molecule has 1 saturated heterocycles. The summed E-state index contributed by atoms with van der Waals surface area (Å²) in [5.74, 6) is -2.24. The molecule has 1 aromatic carbocycles. The first kappa shape index (κ1) is 44.7. The highest BCUT2D eigenvalue weighted by Crippen LogP contribution is 2.46.